The van der Waals surface area contributed by atoms with Gasteiger partial charge in [0, 0.05) is 13.0 Å². The van der Waals surface area contributed by atoms with Crippen LogP contribution in [0.4, 0.5) is 0 Å². The average molecular weight is 276 g/mol. The lowest BCUT2D eigenvalue weighted by atomic mass is 9.79. The van der Waals surface area contributed by atoms with Gasteiger partial charge in [0.2, 0.25) is 5.91 Å². The third-order valence-electron chi connectivity index (χ3n) is 3.92. The maximum Gasteiger partial charge on any atom is 0.221 e. The quantitative estimate of drug-likeness (QED) is 0.852. The molecule has 4 nitrogen and oxygen atoms in total. The molecule has 0 saturated heterocycles. The van der Waals surface area contributed by atoms with Gasteiger partial charge in [-0.05, 0) is 44.5 Å². The summed E-state index contributed by atoms with van der Waals surface area (Å²) in [7, 11) is 3.89. The van der Waals surface area contributed by atoms with Gasteiger partial charge in [-0.1, -0.05) is 24.3 Å². The van der Waals surface area contributed by atoms with Crippen molar-refractivity contribution in [2.45, 2.75) is 31.3 Å². The number of amides is 1. The standard InChI is InChI=1S/C16H24N2O2/c1-18(2)11-9-15(19)17-12-16(20)10-5-7-13-6-3-4-8-14(13)16/h3-4,6,8,20H,5,7,9-12H2,1-2H3,(H,17,19). The summed E-state index contributed by atoms with van der Waals surface area (Å²) in [6.07, 6.45) is 3.14. The third-order valence-corrected chi connectivity index (χ3v) is 3.92. The Morgan fingerprint density at radius 3 is 2.90 bits per heavy atom. The van der Waals surface area contributed by atoms with Crippen LogP contribution >= 0.6 is 0 Å². The average Bonchev–Trinajstić information content (AvgIpc) is 2.44. The van der Waals surface area contributed by atoms with Crippen LogP contribution in [0.2, 0.25) is 0 Å². The van der Waals surface area contributed by atoms with Crippen molar-refractivity contribution in [2.75, 3.05) is 27.2 Å². The van der Waals surface area contributed by atoms with Crippen molar-refractivity contribution in [1.29, 1.82) is 0 Å². The lowest BCUT2D eigenvalue weighted by Crippen LogP contribution is -2.43. The van der Waals surface area contributed by atoms with Crippen LogP contribution in [0.1, 0.15) is 30.4 Å². The Hall–Kier alpha value is -1.39. The minimum atomic E-state index is -0.914. The van der Waals surface area contributed by atoms with Crippen LogP contribution in [0.3, 0.4) is 0 Å². The third kappa shape index (κ3) is 3.58. The van der Waals surface area contributed by atoms with E-state index in [1.807, 2.05) is 37.2 Å². The fourth-order valence-electron chi connectivity index (χ4n) is 2.74. The number of carbonyl (C=O) groups is 1. The normalized spacial score (nSPS) is 21.6. The summed E-state index contributed by atoms with van der Waals surface area (Å²) in [5.74, 6) is -0.00446. The van der Waals surface area contributed by atoms with Gasteiger partial charge in [-0.25, -0.2) is 0 Å². The highest BCUT2D eigenvalue weighted by Gasteiger charge is 2.34. The molecule has 1 aromatic rings. The van der Waals surface area contributed by atoms with Crippen molar-refractivity contribution in [3.05, 3.63) is 35.4 Å². The molecule has 2 rings (SSSR count). The Bertz CT molecular complexity index is 473. The lowest BCUT2D eigenvalue weighted by molar-refractivity contribution is -0.122. The second kappa shape index (κ2) is 6.37. The molecule has 0 heterocycles. The molecule has 1 aliphatic carbocycles. The molecule has 0 spiro atoms. The van der Waals surface area contributed by atoms with E-state index in [1.54, 1.807) is 0 Å². The van der Waals surface area contributed by atoms with Crippen molar-refractivity contribution < 1.29 is 9.90 Å². The van der Waals surface area contributed by atoms with Gasteiger partial charge >= 0.3 is 0 Å². The van der Waals surface area contributed by atoms with E-state index >= 15 is 0 Å². The Kier molecular flexibility index (Phi) is 4.78. The summed E-state index contributed by atoms with van der Waals surface area (Å²) in [4.78, 5) is 13.8. The van der Waals surface area contributed by atoms with Gasteiger partial charge in [0.15, 0.2) is 0 Å². The molecular formula is C16H24N2O2. The van der Waals surface area contributed by atoms with Gasteiger partial charge in [-0.3, -0.25) is 4.79 Å². The molecule has 110 valence electrons. The van der Waals surface area contributed by atoms with E-state index in [4.69, 9.17) is 0 Å². The summed E-state index contributed by atoms with van der Waals surface area (Å²) >= 11 is 0. The zero-order valence-electron chi connectivity index (χ0n) is 12.4. The number of rotatable bonds is 5. The first kappa shape index (κ1) is 15.0. The zero-order chi connectivity index (χ0) is 14.6. The Morgan fingerprint density at radius 1 is 1.40 bits per heavy atom. The van der Waals surface area contributed by atoms with Crippen LogP contribution in [0, 0.1) is 0 Å². The van der Waals surface area contributed by atoms with Gasteiger partial charge in [0.05, 0.1) is 6.54 Å². The SMILES string of the molecule is CN(C)CCC(=O)NCC1(O)CCCc2ccccc21. The summed E-state index contributed by atoms with van der Waals surface area (Å²) in [5, 5.41) is 13.7. The van der Waals surface area contributed by atoms with Crippen molar-refractivity contribution in [1.82, 2.24) is 10.2 Å². The summed E-state index contributed by atoms with van der Waals surface area (Å²) in [6.45, 7) is 1.02. The fourth-order valence-corrected chi connectivity index (χ4v) is 2.74. The van der Waals surface area contributed by atoms with E-state index < -0.39 is 5.60 Å². The minimum absolute atomic E-state index is 0.00446. The molecule has 1 amide bonds. The summed E-state index contributed by atoms with van der Waals surface area (Å²) < 4.78 is 0. The Labute approximate surface area is 120 Å². The first-order valence-corrected chi connectivity index (χ1v) is 7.23. The Morgan fingerprint density at radius 2 is 2.15 bits per heavy atom. The van der Waals surface area contributed by atoms with Gasteiger partial charge in [0.1, 0.15) is 5.60 Å². The second-order valence-corrected chi connectivity index (χ2v) is 5.87. The number of benzene rings is 1. The molecule has 20 heavy (non-hydrogen) atoms. The highest BCUT2D eigenvalue weighted by molar-refractivity contribution is 5.76. The number of aryl methyl sites for hydroxylation is 1. The van der Waals surface area contributed by atoms with E-state index in [0.717, 1.165) is 24.9 Å². The van der Waals surface area contributed by atoms with Crippen LogP contribution in [0.15, 0.2) is 24.3 Å². The predicted molar refractivity (Wildman–Crippen MR) is 79.5 cm³/mol. The monoisotopic (exact) mass is 276 g/mol. The molecule has 1 atom stereocenters. The largest absolute Gasteiger partial charge is 0.383 e. The summed E-state index contributed by atoms with van der Waals surface area (Å²) in [5.41, 5.74) is 1.26. The molecule has 0 radical (unpaired) electrons. The van der Waals surface area contributed by atoms with Crippen LogP contribution in [0.25, 0.3) is 0 Å². The maximum absolute atomic E-state index is 11.8. The van der Waals surface area contributed by atoms with Crippen LogP contribution in [0.5, 0.6) is 0 Å². The minimum Gasteiger partial charge on any atom is -0.383 e. The number of nitrogens with one attached hydrogen (secondary N) is 1. The number of fused-ring (bicyclic) bond motifs is 1. The van der Waals surface area contributed by atoms with Gasteiger partial charge < -0.3 is 15.3 Å². The molecule has 2 N–H and O–H groups in total. The highest BCUT2D eigenvalue weighted by atomic mass is 16.3. The number of hydrogen-bond acceptors (Lipinski definition) is 3. The van der Waals surface area contributed by atoms with E-state index in [2.05, 4.69) is 11.4 Å². The van der Waals surface area contributed by atoms with Gasteiger partial charge in [-0.2, -0.15) is 0 Å². The van der Waals surface area contributed by atoms with E-state index in [0.29, 0.717) is 19.4 Å². The van der Waals surface area contributed by atoms with Gasteiger partial charge in [-0.15, -0.1) is 0 Å². The number of hydrogen-bond donors (Lipinski definition) is 2. The second-order valence-electron chi connectivity index (χ2n) is 5.87. The lowest BCUT2D eigenvalue weighted by Gasteiger charge is -2.34. The highest BCUT2D eigenvalue weighted by Crippen LogP contribution is 2.34. The molecule has 0 fully saturated rings. The van der Waals surface area contributed by atoms with Crippen molar-refractivity contribution in [3.8, 4) is 0 Å². The van der Waals surface area contributed by atoms with Crippen LogP contribution in [-0.4, -0.2) is 43.1 Å². The molecule has 4 heteroatoms. The maximum atomic E-state index is 11.8. The molecule has 0 aromatic heterocycles. The van der Waals surface area contributed by atoms with E-state index in [-0.39, 0.29) is 5.91 Å². The number of aliphatic hydroxyl groups is 1. The van der Waals surface area contributed by atoms with Crippen molar-refractivity contribution in [2.24, 2.45) is 0 Å². The van der Waals surface area contributed by atoms with E-state index in [9.17, 15) is 9.90 Å². The topological polar surface area (TPSA) is 52.6 Å². The molecule has 1 unspecified atom stereocenters. The first-order chi connectivity index (χ1) is 9.51. The van der Waals surface area contributed by atoms with Crippen LogP contribution in [-0.2, 0) is 16.8 Å². The summed E-state index contributed by atoms with van der Waals surface area (Å²) in [6, 6.07) is 7.98. The fraction of sp³-hybridized carbons (Fsp3) is 0.562. The first-order valence-electron chi connectivity index (χ1n) is 7.23. The molecule has 1 aromatic carbocycles. The van der Waals surface area contributed by atoms with Crippen molar-refractivity contribution in [3.63, 3.8) is 0 Å². The smallest absolute Gasteiger partial charge is 0.221 e. The molecule has 1 aliphatic rings. The Balaban J connectivity index is 1.97. The van der Waals surface area contributed by atoms with Crippen LogP contribution < -0.4 is 5.32 Å². The zero-order valence-corrected chi connectivity index (χ0v) is 12.4. The van der Waals surface area contributed by atoms with Crippen molar-refractivity contribution >= 4 is 5.91 Å². The number of nitrogens with zero attached hydrogens (tertiary/aromatic N) is 1. The molecule has 0 aliphatic heterocycles. The number of carbonyl (C=O) groups excluding carboxylic acids is 1. The van der Waals surface area contributed by atoms with E-state index in [1.165, 1.54) is 5.56 Å². The molecule has 0 bridgehead atoms. The molecule has 0 saturated carbocycles. The predicted octanol–water partition coefficient (Wildman–Crippen LogP) is 1.28. The van der Waals surface area contributed by atoms with Gasteiger partial charge in [0.25, 0.3) is 0 Å². The molecular weight excluding hydrogens is 252 g/mol.